The summed E-state index contributed by atoms with van der Waals surface area (Å²) in [6.45, 7) is 2.49. The number of hydrogen-bond donors (Lipinski definition) is 2. The maximum Gasteiger partial charge on any atom is 0.410 e. The van der Waals surface area contributed by atoms with Crippen molar-refractivity contribution in [2.45, 2.75) is 31.2 Å². The lowest BCUT2D eigenvalue weighted by molar-refractivity contribution is -0.384. The van der Waals surface area contributed by atoms with Crippen LogP contribution < -0.4 is 11.1 Å². The number of carbonyl (C=O) groups is 3. The van der Waals surface area contributed by atoms with E-state index in [4.69, 9.17) is 15.2 Å². The molecule has 0 spiro atoms. The van der Waals surface area contributed by atoms with Gasteiger partial charge in [-0.3, -0.25) is 14.9 Å². The first-order chi connectivity index (χ1) is 14.3. The van der Waals surface area contributed by atoms with Crippen LogP contribution in [-0.4, -0.2) is 64.7 Å². The molecule has 30 heavy (non-hydrogen) atoms. The number of nitrogens with two attached hydrogens (primary N) is 1. The summed E-state index contributed by atoms with van der Waals surface area (Å²) in [5.74, 6) is 0. The van der Waals surface area contributed by atoms with Gasteiger partial charge in [0.25, 0.3) is 5.69 Å². The van der Waals surface area contributed by atoms with E-state index in [1.54, 1.807) is 0 Å². The third-order valence-electron chi connectivity index (χ3n) is 4.31. The van der Waals surface area contributed by atoms with E-state index in [0.29, 0.717) is 18.5 Å². The summed E-state index contributed by atoms with van der Waals surface area (Å²) >= 11 is 1.17. The van der Waals surface area contributed by atoms with Gasteiger partial charge in [-0.15, -0.1) is 0 Å². The number of hydrogen-bond acceptors (Lipinski definition) is 8. The van der Waals surface area contributed by atoms with Gasteiger partial charge in [0.05, 0.1) is 24.2 Å². The highest BCUT2D eigenvalue weighted by molar-refractivity contribution is 8.14. The first kappa shape index (κ1) is 23.4. The molecule has 1 aromatic carbocycles. The predicted octanol–water partition coefficient (Wildman–Crippen LogP) is 1.64. The molecule has 3 amide bonds. The van der Waals surface area contributed by atoms with Crippen LogP contribution in [0.1, 0.15) is 18.9 Å². The van der Waals surface area contributed by atoms with E-state index in [1.165, 1.54) is 47.9 Å². The topological polar surface area (TPSA) is 154 Å². The van der Waals surface area contributed by atoms with E-state index in [1.807, 2.05) is 0 Å². The van der Waals surface area contributed by atoms with Crippen molar-refractivity contribution in [3.8, 4) is 0 Å². The number of rotatable bonds is 9. The molecular weight excluding hydrogens is 416 g/mol. The second-order valence-corrected chi connectivity index (χ2v) is 8.09. The number of nitrogens with zero attached hydrogens (tertiary/aromatic N) is 2. The van der Waals surface area contributed by atoms with Crippen LogP contribution in [0.15, 0.2) is 24.3 Å². The van der Waals surface area contributed by atoms with Gasteiger partial charge in [-0.2, -0.15) is 0 Å². The Bertz CT molecular complexity index is 774. The van der Waals surface area contributed by atoms with E-state index in [-0.39, 0.29) is 48.5 Å². The lowest BCUT2D eigenvalue weighted by Gasteiger charge is -2.23. The average Bonchev–Trinajstić information content (AvgIpc) is 3.07. The van der Waals surface area contributed by atoms with E-state index >= 15 is 0 Å². The van der Waals surface area contributed by atoms with Crippen LogP contribution >= 0.6 is 11.8 Å². The highest BCUT2D eigenvalue weighted by atomic mass is 32.2. The molecule has 2 atom stereocenters. The number of thioether (sulfide) groups is 1. The molecule has 1 aliphatic rings. The van der Waals surface area contributed by atoms with Gasteiger partial charge in [-0.25, -0.2) is 9.59 Å². The molecule has 1 aromatic rings. The first-order valence-corrected chi connectivity index (χ1v) is 10.1. The Kier molecular flexibility index (Phi) is 8.87. The third kappa shape index (κ3) is 7.52. The number of likely N-dealkylation sites (tertiary alicyclic amines) is 1. The van der Waals surface area contributed by atoms with Gasteiger partial charge in [-0.05, 0) is 24.1 Å². The molecule has 1 heterocycles. The molecule has 1 saturated heterocycles. The van der Waals surface area contributed by atoms with E-state index in [0.717, 1.165) is 0 Å². The van der Waals surface area contributed by atoms with Gasteiger partial charge < -0.3 is 25.4 Å². The predicted molar refractivity (Wildman–Crippen MR) is 109 cm³/mol. The molecule has 1 fully saturated rings. The van der Waals surface area contributed by atoms with Crippen molar-refractivity contribution in [1.82, 2.24) is 10.2 Å². The van der Waals surface area contributed by atoms with Crippen molar-refractivity contribution in [1.29, 1.82) is 0 Å². The minimum atomic E-state index is -0.645. The number of carbonyl (C=O) groups excluding carboxylic acids is 3. The molecule has 1 aliphatic heterocycles. The van der Waals surface area contributed by atoms with Crippen molar-refractivity contribution < 1.29 is 28.8 Å². The molecular formula is C18H24N4O7S. The summed E-state index contributed by atoms with van der Waals surface area (Å²) in [6, 6.07) is 4.81. The number of non-ortho nitro benzene ring substituents is 1. The summed E-state index contributed by atoms with van der Waals surface area (Å²) in [6.07, 6.45) is 0.0176. The number of ether oxygens (including phenoxy) is 2. The van der Waals surface area contributed by atoms with Crippen LogP contribution in [0.25, 0.3) is 0 Å². The van der Waals surface area contributed by atoms with Crippen molar-refractivity contribution in [3.05, 3.63) is 39.9 Å². The molecule has 0 aliphatic carbocycles. The Hall–Kier alpha value is -2.86. The standard InChI is InChI=1S/C18H24N4O7S/c1-12(23)30-16-8-15(11-28-7-6-20-17(19)24)21(9-16)18(25)29-10-13-2-4-14(5-3-13)22(26)27/h2-5,15-16H,6-11H2,1H3,(H3,19,20,24)/t15-,16+/m0/s1. The fourth-order valence-electron chi connectivity index (χ4n) is 2.98. The molecule has 11 nitrogen and oxygen atoms in total. The monoisotopic (exact) mass is 440 g/mol. The molecule has 0 aromatic heterocycles. The zero-order valence-electron chi connectivity index (χ0n) is 16.4. The quantitative estimate of drug-likeness (QED) is 0.334. The average molecular weight is 440 g/mol. The summed E-state index contributed by atoms with van der Waals surface area (Å²) in [7, 11) is 0. The number of primary amides is 1. The van der Waals surface area contributed by atoms with E-state index in [2.05, 4.69) is 5.32 Å². The molecule has 0 bridgehead atoms. The van der Waals surface area contributed by atoms with Gasteiger partial charge in [0.2, 0.25) is 0 Å². The van der Waals surface area contributed by atoms with Crippen LogP contribution in [0.5, 0.6) is 0 Å². The van der Waals surface area contributed by atoms with Gasteiger partial charge in [-0.1, -0.05) is 11.8 Å². The lowest BCUT2D eigenvalue weighted by atomic mass is 10.2. The van der Waals surface area contributed by atoms with Gasteiger partial charge in [0.1, 0.15) is 6.61 Å². The zero-order valence-corrected chi connectivity index (χ0v) is 17.3. The maximum atomic E-state index is 12.6. The number of urea groups is 1. The Balaban J connectivity index is 1.90. The number of nitrogens with one attached hydrogen (secondary N) is 1. The SMILES string of the molecule is CC(=O)S[C@@H]1C[C@@H](COCCNC(N)=O)N(C(=O)OCc2ccc([N+](=O)[O-])cc2)C1. The van der Waals surface area contributed by atoms with Crippen molar-refractivity contribution in [3.63, 3.8) is 0 Å². The number of amides is 3. The highest BCUT2D eigenvalue weighted by Gasteiger charge is 2.37. The maximum absolute atomic E-state index is 12.6. The molecule has 164 valence electrons. The number of nitro benzene ring substituents is 1. The Morgan fingerprint density at radius 2 is 2.03 bits per heavy atom. The van der Waals surface area contributed by atoms with Crippen LogP contribution in [-0.2, 0) is 20.9 Å². The number of nitro groups is 1. The zero-order chi connectivity index (χ0) is 22.1. The first-order valence-electron chi connectivity index (χ1n) is 9.21. The van der Waals surface area contributed by atoms with E-state index < -0.39 is 17.0 Å². The van der Waals surface area contributed by atoms with Crippen molar-refractivity contribution in [2.24, 2.45) is 5.73 Å². The largest absolute Gasteiger partial charge is 0.445 e. The van der Waals surface area contributed by atoms with Crippen molar-refractivity contribution in [2.75, 3.05) is 26.3 Å². The van der Waals surface area contributed by atoms with Crippen LogP contribution in [0.2, 0.25) is 0 Å². The second-order valence-electron chi connectivity index (χ2n) is 6.62. The lowest BCUT2D eigenvalue weighted by Crippen LogP contribution is -2.39. The second kappa shape index (κ2) is 11.4. The molecule has 12 heteroatoms. The van der Waals surface area contributed by atoms with Gasteiger partial charge in [0.15, 0.2) is 5.12 Å². The summed E-state index contributed by atoms with van der Waals surface area (Å²) in [5, 5.41) is 13.0. The fraction of sp³-hybridized carbons (Fsp3) is 0.500. The third-order valence-corrected chi connectivity index (χ3v) is 5.32. The smallest absolute Gasteiger partial charge is 0.410 e. The molecule has 0 radical (unpaired) electrons. The Morgan fingerprint density at radius 1 is 1.33 bits per heavy atom. The Morgan fingerprint density at radius 3 is 2.63 bits per heavy atom. The van der Waals surface area contributed by atoms with Gasteiger partial charge >= 0.3 is 12.1 Å². The molecule has 3 N–H and O–H groups in total. The normalized spacial score (nSPS) is 18.1. The van der Waals surface area contributed by atoms with Crippen molar-refractivity contribution >= 4 is 34.7 Å². The van der Waals surface area contributed by atoms with E-state index in [9.17, 15) is 24.5 Å². The number of benzene rings is 1. The van der Waals surface area contributed by atoms with Crippen LogP contribution in [0, 0.1) is 10.1 Å². The fourth-order valence-corrected chi connectivity index (χ4v) is 4.01. The molecule has 0 saturated carbocycles. The minimum absolute atomic E-state index is 0.0338. The van der Waals surface area contributed by atoms with Gasteiger partial charge in [0, 0.05) is 37.4 Å². The van der Waals surface area contributed by atoms with Crippen LogP contribution in [0.4, 0.5) is 15.3 Å². The summed E-state index contributed by atoms with van der Waals surface area (Å²) in [5.41, 5.74) is 5.56. The highest BCUT2D eigenvalue weighted by Crippen LogP contribution is 2.29. The summed E-state index contributed by atoms with van der Waals surface area (Å²) < 4.78 is 10.9. The molecule has 2 rings (SSSR count). The minimum Gasteiger partial charge on any atom is -0.445 e. The summed E-state index contributed by atoms with van der Waals surface area (Å²) in [4.78, 5) is 46.4. The molecule has 0 unspecified atom stereocenters. The Labute approximate surface area is 177 Å². The van der Waals surface area contributed by atoms with Crippen LogP contribution in [0.3, 0.4) is 0 Å².